The first-order valence-electron chi connectivity index (χ1n) is 6.22. The molecular weight excluding hydrogens is 214 g/mol. The topological polar surface area (TPSA) is 38.3 Å². The third-order valence-corrected chi connectivity index (χ3v) is 4.15. The van der Waals surface area contributed by atoms with Crippen LogP contribution in [0.4, 0.5) is 0 Å². The van der Waals surface area contributed by atoms with E-state index in [0.717, 1.165) is 38.0 Å². The summed E-state index contributed by atoms with van der Waals surface area (Å²) >= 11 is 0. The number of aryl methyl sites for hydroxylation is 1. The summed E-state index contributed by atoms with van der Waals surface area (Å²) in [5, 5.41) is 2.98. The molecule has 1 unspecified atom stereocenters. The zero-order valence-electron chi connectivity index (χ0n) is 10.1. The van der Waals surface area contributed by atoms with E-state index in [0.29, 0.717) is 0 Å². The van der Waals surface area contributed by atoms with E-state index in [1.807, 2.05) is 6.07 Å². The number of amides is 1. The fourth-order valence-electron chi connectivity index (χ4n) is 3.25. The third-order valence-electron chi connectivity index (χ3n) is 4.15. The lowest BCUT2D eigenvalue weighted by Gasteiger charge is -2.33. The Labute approximate surface area is 101 Å². The van der Waals surface area contributed by atoms with Gasteiger partial charge in [-0.1, -0.05) is 6.07 Å². The monoisotopic (exact) mass is 231 g/mol. The van der Waals surface area contributed by atoms with Crippen molar-refractivity contribution in [3.8, 4) is 5.75 Å². The number of hydrogen-bond acceptors (Lipinski definition) is 2. The van der Waals surface area contributed by atoms with Crippen molar-refractivity contribution in [2.24, 2.45) is 0 Å². The second-order valence-corrected chi connectivity index (χ2v) is 4.96. The van der Waals surface area contributed by atoms with E-state index in [4.69, 9.17) is 4.74 Å². The molecule has 0 bridgehead atoms. The first-order chi connectivity index (χ1) is 8.26. The number of benzene rings is 1. The van der Waals surface area contributed by atoms with E-state index < -0.39 is 0 Å². The van der Waals surface area contributed by atoms with Crippen LogP contribution in [-0.2, 0) is 16.6 Å². The van der Waals surface area contributed by atoms with Crippen molar-refractivity contribution in [2.45, 2.75) is 31.1 Å². The fraction of sp³-hybridized carbons (Fsp3) is 0.500. The molecule has 3 rings (SSSR count). The van der Waals surface area contributed by atoms with Crippen molar-refractivity contribution in [3.63, 3.8) is 0 Å². The minimum atomic E-state index is -0.250. The average molecular weight is 231 g/mol. The third kappa shape index (κ3) is 1.45. The van der Waals surface area contributed by atoms with E-state index in [-0.39, 0.29) is 11.3 Å². The van der Waals surface area contributed by atoms with E-state index in [1.54, 1.807) is 7.11 Å². The molecule has 1 amide bonds. The average Bonchev–Trinajstić information content (AvgIpc) is 2.71. The van der Waals surface area contributed by atoms with Gasteiger partial charge in [0.2, 0.25) is 5.91 Å². The molecule has 0 saturated carbocycles. The number of fused-ring (bicyclic) bond motifs is 2. The van der Waals surface area contributed by atoms with Crippen LogP contribution in [0, 0.1) is 0 Å². The number of hydrogen-bond donors (Lipinski definition) is 1. The molecule has 1 saturated heterocycles. The van der Waals surface area contributed by atoms with Crippen molar-refractivity contribution in [1.82, 2.24) is 5.32 Å². The predicted molar refractivity (Wildman–Crippen MR) is 65.2 cm³/mol. The molecule has 1 fully saturated rings. The zero-order valence-corrected chi connectivity index (χ0v) is 10.1. The van der Waals surface area contributed by atoms with Crippen LogP contribution in [0.2, 0.25) is 0 Å². The van der Waals surface area contributed by atoms with Crippen LogP contribution in [0.15, 0.2) is 18.2 Å². The number of ether oxygens (including phenoxy) is 1. The molecule has 3 nitrogen and oxygen atoms in total. The molecule has 0 aromatic heterocycles. The van der Waals surface area contributed by atoms with E-state index in [2.05, 4.69) is 17.4 Å². The normalized spacial score (nSPS) is 26.8. The van der Waals surface area contributed by atoms with Crippen molar-refractivity contribution in [1.29, 1.82) is 0 Å². The van der Waals surface area contributed by atoms with Crippen LogP contribution in [0.5, 0.6) is 5.75 Å². The van der Waals surface area contributed by atoms with Crippen molar-refractivity contribution >= 4 is 5.91 Å². The maximum absolute atomic E-state index is 12.1. The van der Waals surface area contributed by atoms with E-state index in [1.165, 1.54) is 11.1 Å². The van der Waals surface area contributed by atoms with Gasteiger partial charge in [-0.3, -0.25) is 4.79 Å². The summed E-state index contributed by atoms with van der Waals surface area (Å²) in [6, 6.07) is 6.14. The second-order valence-electron chi connectivity index (χ2n) is 4.96. The molecular formula is C14H17NO2. The molecule has 90 valence electrons. The summed E-state index contributed by atoms with van der Waals surface area (Å²) in [5.74, 6) is 1.10. The molecule has 0 radical (unpaired) electrons. The maximum Gasteiger partial charge on any atom is 0.230 e. The molecule has 1 aromatic rings. The fourth-order valence-corrected chi connectivity index (χ4v) is 3.25. The summed E-state index contributed by atoms with van der Waals surface area (Å²) in [6.45, 7) is 0.810. The van der Waals surface area contributed by atoms with Gasteiger partial charge in [0.15, 0.2) is 0 Å². The largest absolute Gasteiger partial charge is 0.497 e. The van der Waals surface area contributed by atoms with Gasteiger partial charge in [0.05, 0.1) is 12.5 Å². The molecule has 1 aromatic carbocycles. The summed E-state index contributed by atoms with van der Waals surface area (Å²) in [5.41, 5.74) is 2.26. The van der Waals surface area contributed by atoms with Gasteiger partial charge < -0.3 is 10.1 Å². The highest BCUT2D eigenvalue weighted by atomic mass is 16.5. The Morgan fingerprint density at radius 3 is 2.94 bits per heavy atom. The van der Waals surface area contributed by atoms with Crippen LogP contribution in [0.25, 0.3) is 0 Å². The smallest absolute Gasteiger partial charge is 0.230 e. The Balaban J connectivity index is 2.11. The van der Waals surface area contributed by atoms with Gasteiger partial charge >= 0.3 is 0 Å². The van der Waals surface area contributed by atoms with Gasteiger partial charge in [-0.2, -0.15) is 0 Å². The molecule has 1 aliphatic heterocycles. The van der Waals surface area contributed by atoms with Crippen LogP contribution in [-0.4, -0.2) is 19.6 Å². The predicted octanol–water partition coefficient (Wildman–Crippen LogP) is 1.79. The zero-order chi connectivity index (χ0) is 11.9. The molecule has 17 heavy (non-hydrogen) atoms. The Hall–Kier alpha value is -1.51. The van der Waals surface area contributed by atoms with Gasteiger partial charge in [0.1, 0.15) is 5.75 Å². The van der Waals surface area contributed by atoms with E-state index in [9.17, 15) is 4.79 Å². The standard InChI is InChI=1S/C14H17NO2/c1-17-11-4-5-12-10(9-11)3-2-6-14(12)7-8-15-13(14)16/h4-5,9H,2-3,6-8H2,1H3,(H,15,16). The number of nitrogens with one attached hydrogen (secondary N) is 1. The lowest BCUT2D eigenvalue weighted by atomic mass is 9.69. The van der Waals surface area contributed by atoms with Gasteiger partial charge in [0, 0.05) is 6.54 Å². The van der Waals surface area contributed by atoms with Crippen molar-refractivity contribution in [2.75, 3.05) is 13.7 Å². The summed E-state index contributed by atoms with van der Waals surface area (Å²) in [4.78, 5) is 12.1. The van der Waals surface area contributed by atoms with Crippen LogP contribution >= 0.6 is 0 Å². The summed E-state index contributed by atoms with van der Waals surface area (Å²) in [7, 11) is 1.68. The Morgan fingerprint density at radius 2 is 2.24 bits per heavy atom. The van der Waals surface area contributed by atoms with E-state index >= 15 is 0 Å². The molecule has 1 heterocycles. The highest BCUT2D eigenvalue weighted by Gasteiger charge is 2.46. The number of methoxy groups -OCH3 is 1. The number of carbonyl (C=O) groups excluding carboxylic acids is 1. The Bertz CT molecular complexity index is 469. The van der Waals surface area contributed by atoms with Gasteiger partial charge in [-0.25, -0.2) is 0 Å². The quantitative estimate of drug-likeness (QED) is 0.800. The lowest BCUT2D eigenvalue weighted by molar-refractivity contribution is -0.124. The first kappa shape index (κ1) is 10.6. The minimum Gasteiger partial charge on any atom is -0.497 e. The Morgan fingerprint density at radius 1 is 1.35 bits per heavy atom. The van der Waals surface area contributed by atoms with Crippen LogP contribution in [0.3, 0.4) is 0 Å². The molecule has 3 heteroatoms. The second kappa shape index (κ2) is 3.76. The summed E-state index contributed by atoms with van der Waals surface area (Å²) in [6.07, 6.45) is 4.07. The van der Waals surface area contributed by atoms with Gasteiger partial charge in [-0.15, -0.1) is 0 Å². The van der Waals surface area contributed by atoms with Crippen molar-refractivity contribution < 1.29 is 9.53 Å². The highest BCUT2D eigenvalue weighted by molar-refractivity contribution is 5.91. The number of carbonyl (C=O) groups is 1. The lowest BCUT2D eigenvalue weighted by Crippen LogP contribution is -2.38. The highest BCUT2D eigenvalue weighted by Crippen LogP contribution is 2.43. The Kier molecular flexibility index (Phi) is 2.35. The molecule has 2 aliphatic rings. The first-order valence-corrected chi connectivity index (χ1v) is 6.22. The molecule has 1 aliphatic carbocycles. The number of rotatable bonds is 1. The molecule has 1 N–H and O–H groups in total. The van der Waals surface area contributed by atoms with Crippen LogP contribution in [0.1, 0.15) is 30.4 Å². The van der Waals surface area contributed by atoms with Gasteiger partial charge in [-0.05, 0) is 48.9 Å². The maximum atomic E-state index is 12.1. The minimum absolute atomic E-state index is 0.212. The SMILES string of the molecule is COc1ccc2c(c1)CCCC21CCNC1=O. The molecule has 1 atom stereocenters. The molecule has 1 spiro atoms. The van der Waals surface area contributed by atoms with Gasteiger partial charge in [0.25, 0.3) is 0 Å². The van der Waals surface area contributed by atoms with Crippen LogP contribution < -0.4 is 10.1 Å². The summed E-state index contributed by atoms with van der Waals surface area (Å²) < 4.78 is 5.26. The van der Waals surface area contributed by atoms with Crippen molar-refractivity contribution in [3.05, 3.63) is 29.3 Å².